The van der Waals surface area contributed by atoms with Gasteiger partial charge in [0.25, 0.3) is 5.91 Å². The predicted molar refractivity (Wildman–Crippen MR) is 110 cm³/mol. The molecule has 0 saturated heterocycles. The number of nitrogens with zero attached hydrogens (tertiary/aromatic N) is 2. The van der Waals surface area contributed by atoms with Crippen LogP contribution in [0.1, 0.15) is 64.7 Å². The fraction of sp³-hybridized carbons (Fsp3) is 0.261. The van der Waals surface area contributed by atoms with Crippen molar-refractivity contribution in [1.29, 1.82) is 5.26 Å². The Morgan fingerprint density at radius 1 is 1.03 bits per heavy atom. The highest BCUT2D eigenvalue weighted by Gasteiger charge is 2.46. The summed E-state index contributed by atoms with van der Waals surface area (Å²) in [5.74, 6) is -3.89. The number of carboxylic acid groups (broad SMARTS) is 1. The van der Waals surface area contributed by atoms with E-state index in [0.717, 1.165) is 4.90 Å². The first-order chi connectivity index (χ1) is 14.8. The lowest BCUT2D eigenvalue weighted by Crippen LogP contribution is -2.48. The van der Waals surface area contributed by atoms with Gasteiger partial charge in [-0.2, -0.15) is 5.26 Å². The van der Waals surface area contributed by atoms with Crippen LogP contribution in [0.25, 0.3) is 0 Å². The smallest absolute Gasteiger partial charge is 0.313 e. The summed E-state index contributed by atoms with van der Waals surface area (Å²) in [6, 6.07) is 13.5. The van der Waals surface area contributed by atoms with Crippen LogP contribution in [0, 0.1) is 11.3 Å². The Morgan fingerprint density at radius 3 is 2.29 bits per heavy atom. The second kappa shape index (κ2) is 9.22. The molecule has 3 amide bonds. The van der Waals surface area contributed by atoms with Crippen molar-refractivity contribution in [2.24, 2.45) is 5.73 Å². The molecule has 2 atom stereocenters. The van der Waals surface area contributed by atoms with Gasteiger partial charge >= 0.3 is 5.97 Å². The van der Waals surface area contributed by atoms with Crippen LogP contribution in [0.5, 0.6) is 0 Å². The minimum Gasteiger partial charge on any atom is -0.481 e. The predicted octanol–water partition coefficient (Wildman–Crippen LogP) is 2.50. The Hall–Kier alpha value is -3.99. The fourth-order valence-electron chi connectivity index (χ4n) is 3.87. The van der Waals surface area contributed by atoms with Crippen molar-refractivity contribution in [1.82, 2.24) is 4.90 Å². The Morgan fingerprint density at radius 2 is 1.68 bits per heavy atom. The number of carboxylic acids is 1. The van der Waals surface area contributed by atoms with E-state index in [4.69, 9.17) is 11.0 Å². The number of fused-ring (bicyclic) bond motifs is 1. The van der Waals surface area contributed by atoms with Gasteiger partial charge in [-0.1, -0.05) is 30.3 Å². The van der Waals surface area contributed by atoms with Gasteiger partial charge in [0.15, 0.2) is 0 Å². The molecular weight excluding hydrogens is 398 g/mol. The lowest BCUT2D eigenvalue weighted by Gasteiger charge is -2.39. The molecule has 0 aliphatic carbocycles. The molecule has 0 saturated carbocycles. The molecular formula is C23H21N3O5. The van der Waals surface area contributed by atoms with Gasteiger partial charge in [-0.25, -0.2) is 0 Å². The average molecular weight is 419 g/mol. The number of aliphatic carboxylic acids is 1. The molecule has 2 aromatic rings. The zero-order valence-corrected chi connectivity index (χ0v) is 16.7. The molecule has 0 aromatic heterocycles. The van der Waals surface area contributed by atoms with Crippen LogP contribution >= 0.6 is 0 Å². The lowest BCUT2D eigenvalue weighted by molar-refractivity contribution is -0.142. The van der Waals surface area contributed by atoms with Crippen molar-refractivity contribution in [3.05, 3.63) is 70.8 Å². The molecule has 1 heterocycles. The average Bonchev–Trinajstić information content (AvgIpc) is 2.76. The molecule has 3 N–H and O–H groups in total. The first-order valence-corrected chi connectivity index (χ1v) is 9.81. The second-order valence-electron chi connectivity index (χ2n) is 7.32. The van der Waals surface area contributed by atoms with Crippen molar-refractivity contribution >= 4 is 23.7 Å². The Labute approximate surface area is 178 Å². The van der Waals surface area contributed by atoms with Crippen molar-refractivity contribution in [2.75, 3.05) is 0 Å². The number of hydrogen-bond acceptors (Lipinski definition) is 5. The summed E-state index contributed by atoms with van der Waals surface area (Å²) in [5, 5.41) is 19.1. The second-order valence-corrected chi connectivity index (χ2v) is 7.32. The molecule has 158 valence electrons. The number of nitriles is 1. The van der Waals surface area contributed by atoms with Gasteiger partial charge in [-0.3, -0.25) is 24.1 Å². The molecule has 0 fully saturated rings. The molecule has 1 aliphatic rings. The molecule has 1 aliphatic heterocycles. The third-order valence-corrected chi connectivity index (χ3v) is 5.32. The molecule has 0 bridgehead atoms. The minimum absolute atomic E-state index is 0.0275. The molecule has 0 spiro atoms. The molecule has 8 nitrogen and oxygen atoms in total. The summed E-state index contributed by atoms with van der Waals surface area (Å²) in [4.78, 5) is 50.6. The topological polar surface area (TPSA) is 142 Å². The zero-order valence-electron chi connectivity index (χ0n) is 16.7. The van der Waals surface area contributed by atoms with E-state index in [-0.39, 0.29) is 18.4 Å². The van der Waals surface area contributed by atoms with E-state index >= 15 is 0 Å². The molecule has 3 rings (SSSR count). The standard InChI is InChI=1S/C23H21N3O5/c24-13-14-9-11-15(12-10-14)21-20(23(30)31)16-5-1-2-6-17(16)22(29)26(21)19(28)8-4-3-7-18(25)27/h1-2,5-6,9-12,20-21H,3-4,7-8H2,(H2,25,27)(H,30,31)/t20-,21+/m0/s1. The first-order valence-electron chi connectivity index (χ1n) is 9.81. The monoisotopic (exact) mass is 419 g/mol. The fourth-order valence-corrected chi connectivity index (χ4v) is 3.87. The summed E-state index contributed by atoms with van der Waals surface area (Å²) in [6.45, 7) is 0. The van der Waals surface area contributed by atoms with E-state index < -0.39 is 35.7 Å². The highest BCUT2D eigenvalue weighted by molar-refractivity contribution is 6.08. The number of imide groups is 1. The van der Waals surface area contributed by atoms with Crippen molar-refractivity contribution in [2.45, 2.75) is 37.6 Å². The third-order valence-electron chi connectivity index (χ3n) is 5.32. The summed E-state index contributed by atoms with van der Waals surface area (Å²) in [6.07, 6.45) is 0.829. The Kier molecular flexibility index (Phi) is 6.46. The van der Waals surface area contributed by atoms with Crippen LogP contribution in [0.2, 0.25) is 0 Å². The number of rotatable bonds is 7. The van der Waals surface area contributed by atoms with Crippen LogP contribution in [0.3, 0.4) is 0 Å². The number of amides is 3. The highest BCUT2D eigenvalue weighted by Crippen LogP contribution is 2.43. The van der Waals surface area contributed by atoms with Gasteiger partial charge in [0.05, 0.1) is 17.7 Å². The van der Waals surface area contributed by atoms with Crippen molar-refractivity contribution in [3.8, 4) is 6.07 Å². The number of unbranched alkanes of at least 4 members (excludes halogenated alkanes) is 1. The highest BCUT2D eigenvalue weighted by atomic mass is 16.4. The maximum atomic E-state index is 13.3. The number of primary amides is 1. The summed E-state index contributed by atoms with van der Waals surface area (Å²) < 4.78 is 0. The number of benzene rings is 2. The normalized spacial score (nSPS) is 17.5. The Bertz CT molecular complexity index is 1070. The van der Waals surface area contributed by atoms with E-state index in [9.17, 15) is 24.3 Å². The first kappa shape index (κ1) is 21.7. The van der Waals surface area contributed by atoms with Gasteiger partial charge in [-0.05, 0) is 42.2 Å². The van der Waals surface area contributed by atoms with E-state index in [2.05, 4.69) is 0 Å². The zero-order chi connectivity index (χ0) is 22.5. The van der Waals surface area contributed by atoms with Crippen LogP contribution in [0.15, 0.2) is 48.5 Å². The van der Waals surface area contributed by atoms with E-state index in [1.807, 2.05) is 6.07 Å². The number of carbonyl (C=O) groups is 4. The van der Waals surface area contributed by atoms with Crippen LogP contribution < -0.4 is 5.73 Å². The van der Waals surface area contributed by atoms with Crippen LogP contribution in [0.4, 0.5) is 0 Å². The maximum Gasteiger partial charge on any atom is 0.313 e. The number of carbonyl (C=O) groups excluding carboxylic acids is 3. The van der Waals surface area contributed by atoms with E-state index in [0.29, 0.717) is 29.5 Å². The SMILES string of the molecule is N#Cc1ccc([C@@H]2[C@@H](C(=O)O)c3ccccc3C(=O)N2C(=O)CCCCC(N)=O)cc1. The quantitative estimate of drug-likeness (QED) is 0.660. The Balaban J connectivity index is 2.04. The van der Waals surface area contributed by atoms with Crippen LogP contribution in [-0.2, 0) is 14.4 Å². The molecule has 8 heteroatoms. The number of nitrogens with two attached hydrogens (primary N) is 1. The van der Waals surface area contributed by atoms with E-state index in [1.54, 1.807) is 30.3 Å². The van der Waals surface area contributed by atoms with Gasteiger partial charge < -0.3 is 10.8 Å². The summed E-state index contributed by atoms with van der Waals surface area (Å²) in [7, 11) is 0. The van der Waals surface area contributed by atoms with Crippen LogP contribution in [-0.4, -0.2) is 33.7 Å². The molecule has 0 unspecified atom stereocenters. The van der Waals surface area contributed by atoms with Crippen molar-refractivity contribution < 1.29 is 24.3 Å². The molecule has 31 heavy (non-hydrogen) atoms. The summed E-state index contributed by atoms with van der Waals surface area (Å²) >= 11 is 0. The maximum absolute atomic E-state index is 13.3. The van der Waals surface area contributed by atoms with Gasteiger partial charge in [0.2, 0.25) is 11.8 Å². The third kappa shape index (κ3) is 4.46. The molecule has 2 aromatic carbocycles. The van der Waals surface area contributed by atoms with Crippen molar-refractivity contribution in [3.63, 3.8) is 0 Å². The minimum atomic E-state index is -1.17. The van der Waals surface area contributed by atoms with Gasteiger partial charge in [0.1, 0.15) is 5.92 Å². The summed E-state index contributed by atoms with van der Waals surface area (Å²) in [5.41, 5.74) is 6.46. The lowest BCUT2D eigenvalue weighted by atomic mass is 9.79. The van der Waals surface area contributed by atoms with E-state index in [1.165, 1.54) is 18.2 Å². The number of hydrogen-bond donors (Lipinski definition) is 2. The largest absolute Gasteiger partial charge is 0.481 e. The molecule has 0 radical (unpaired) electrons. The van der Waals surface area contributed by atoms with Gasteiger partial charge in [-0.15, -0.1) is 0 Å². The van der Waals surface area contributed by atoms with Gasteiger partial charge in [0, 0.05) is 18.4 Å².